The second kappa shape index (κ2) is 8.08. The smallest absolute Gasteiger partial charge is 0.244 e. The van der Waals surface area contributed by atoms with E-state index in [4.69, 9.17) is 4.74 Å². The van der Waals surface area contributed by atoms with Crippen molar-refractivity contribution in [1.29, 1.82) is 0 Å². The average Bonchev–Trinajstić information content (AvgIpc) is 2.96. The third-order valence-corrected chi connectivity index (χ3v) is 7.71. The summed E-state index contributed by atoms with van der Waals surface area (Å²) in [6.07, 6.45) is 0. The molecule has 7 heteroatoms. The number of piperazine rings is 1. The Balaban J connectivity index is 1.59. The molecule has 0 bridgehead atoms. The molecule has 0 atom stereocenters. The summed E-state index contributed by atoms with van der Waals surface area (Å²) in [6, 6.07) is 9.92. The lowest BCUT2D eigenvalue weighted by atomic mass is 10.2. The van der Waals surface area contributed by atoms with Crippen molar-refractivity contribution in [1.82, 2.24) is 9.21 Å². The van der Waals surface area contributed by atoms with E-state index in [2.05, 4.69) is 17.0 Å². The van der Waals surface area contributed by atoms with E-state index in [1.807, 2.05) is 32.9 Å². The molecule has 0 saturated carbocycles. The topological polar surface area (TPSA) is 49.9 Å². The molecule has 0 amide bonds. The van der Waals surface area contributed by atoms with Gasteiger partial charge in [-0.15, -0.1) is 11.3 Å². The number of nitrogens with zero attached hydrogens (tertiary/aromatic N) is 2. The highest BCUT2D eigenvalue weighted by atomic mass is 32.2. The summed E-state index contributed by atoms with van der Waals surface area (Å²) in [5.74, 6) is 0.883. The van der Waals surface area contributed by atoms with Gasteiger partial charge in [0.1, 0.15) is 5.75 Å². The van der Waals surface area contributed by atoms with Crippen molar-refractivity contribution in [2.24, 2.45) is 0 Å². The lowest BCUT2D eigenvalue weighted by Gasteiger charge is -2.34. The van der Waals surface area contributed by atoms with Gasteiger partial charge in [-0.2, -0.15) is 4.31 Å². The van der Waals surface area contributed by atoms with Crippen LogP contribution in [0.15, 0.2) is 35.2 Å². The molecule has 0 aliphatic carbocycles. The fraction of sp³-hybridized carbons (Fsp3) is 0.474. The van der Waals surface area contributed by atoms with Gasteiger partial charge in [0.2, 0.25) is 10.0 Å². The van der Waals surface area contributed by atoms with Crippen LogP contribution >= 0.6 is 11.3 Å². The largest absolute Gasteiger partial charge is 0.494 e. The minimum absolute atomic E-state index is 0.472. The zero-order chi connectivity index (χ0) is 18.7. The normalized spacial score (nSPS) is 16.7. The van der Waals surface area contributed by atoms with Crippen molar-refractivity contribution in [2.45, 2.75) is 32.2 Å². The second-order valence-corrected chi connectivity index (χ2v) is 9.90. The van der Waals surface area contributed by atoms with Gasteiger partial charge in [0, 0.05) is 42.5 Å². The van der Waals surface area contributed by atoms with E-state index in [1.165, 1.54) is 5.56 Å². The van der Waals surface area contributed by atoms with Crippen molar-refractivity contribution in [2.75, 3.05) is 32.8 Å². The molecule has 1 saturated heterocycles. The van der Waals surface area contributed by atoms with Gasteiger partial charge < -0.3 is 4.74 Å². The summed E-state index contributed by atoms with van der Waals surface area (Å²) >= 11 is 1.54. The molecule has 3 rings (SSSR count). The Labute approximate surface area is 160 Å². The van der Waals surface area contributed by atoms with Gasteiger partial charge in [0.25, 0.3) is 0 Å². The minimum Gasteiger partial charge on any atom is -0.494 e. The molecule has 1 aliphatic heterocycles. The summed E-state index contributed by atoms with van der Waals surface area (Å²) in [5.41, 5.74) is 1.22. The van der Waals surface area contributed by atoms with Gasteiger partial charge in [-0.05, 0) is 44.5 Å². The van der Waals surface area contributed by atoms with E-state index >= 15 is 0 Å². The summed E-state index contributed by atoms with van der Waals surface area (Å²) in [7, 11) is -3.38. The first-order chi connectivity index (χ1) is 12.4. The minimum atomic E-state index is -3.38. The Bertz CT molecular complexity index is 836. The van der Waals surface area contributed by atoms with Gasteiger partial charge in [-0.25, -0.2) is 8.42 Å². The summed E-state index contributed by atoms with van der Waals surface area (Å²) in [4.78, 5) is 4.68. The highest BCUT2D eigenvalue weighted by molar-refractivity contribution is 7.89. The Kier molecular flexibility index (Phi) is 6.02. The molecule has 1 aromatic carbocycles. The van der Waals surface area contributed by atoms with E-state index in [9.17, 15) is 8.42 Å². The molecule has 0 radical (unpaired) electrons. The van der Waals surface area contributed by atoms with Crippen LogP contribution in [-0.4, -0.2) is 50.4 Å². The van der Waals surface area contributed by atoms with Crippen LogP contribution in [0.2, 0.25) is 0 Å². The van der Waals surface area contributed by atoms with E-state index in [0.717, 1.165) is 35.1 Å². The Hall–Kier alpha value is -1.41. The summed E-state index contributed by atoms with van der Waals surface area (Å²) in [6.45, 7) is 9.86. The molecular formula is C19H26N2O3S2. The zero-order valence-electron chi connectivity index (χ0n) is 15.6. The van der Waals surface area contributed by atoms with Crippen LogP contribution in [0.4, 0.5) is 0 Å². The first-order valence-electron chi connectivity index (χ1n) is 8.91. The monoisotopic (exact) mass is 394 g/mol. The Morgan fingerprint density at radius 3 is 2.27 bits per heavy atom. The van der Waals surface area contributed by atoms with Crippen LogP contribution < -0.4 is 4.74 Å². The third-order valence-electron chi connectivity index (χ3n) is 4.59. The van der Waals surface area contributed by atoms with Gasteiger partial charge >= 0.3 is 0 Å². The maximum Gasteiger partial charge on any atom is 0.244 e. The van der Waals surface area contributed by atoms with E-state index in [0.29, 0.717) is 24.6 Å². The van der Waals surface area contributed by atoms with Crippen LogP contribution in [-0.2, 0) is 16.6 Å². The second-order valence-electron chi connectivity index (χ2n) is 6.53. The molecule has 142 valence electrons. The number of aryl methyl sites for hydroxylation is 2. The quantitative estimate of drug-likeness (QED) is 0.755. The van der Waals surface area contributed by atoms with Crippen LogP contribution in [0, 0.1) is 13.8 Å². The van der Waals surface area contributed by atoms with E-state index < -0.39 is 10.0 Å². The predicted molar refractivity (Wildman–Crippen MR) is 105 cm³/mol. The average molecular weight is 395 g/mol. The van der Waals surface area contributed by atoms with Crippen LogP contribution in [0.3, 0.4) is 0 Å². The first-order valence-corrected chi connectivity index (χ1v) is 11.2. The SMILES string of the molecule is CCOc1ccc(CN2CCN(S(=O)(=O)c3cc(C)sc3C)CC2)cc1. The highest BCUT2D eigenvalue weighted by Gasteiger charge is 2.30. The number of rotatable bonds is 6. The fourth-order valence-corrected chi connectivity index (χ4v) is 6.19. The van der Waals surface area contributed by atoms with E-state index in [-0.39, 0.29) is 0 Å². The number of hydrogen-bond acceptors (Lipinski definition) is 5. The molecule has 0 spiro atoms. The number of thiophene rings is 1. The van der Waals surface area contributed by atoms with Crippen molar-refractivity contribution in [3.8, 4) is 5.75 Å². The lowest BCUT2D eigenvalue weighted by molar-refractivity contribution is 0.181. The van der Waals surface area contributed by atoms with Gasteiger partial charge in [0.05, 0.1) is 11.5 Å². The molecule has 1 aromatic heterocycles. The van der Waals surface area contributed by atoms with Crippen molar-refractivity contribution >= 4 is 21.4 Å². The van der Waals surface area contributed by atoms with Gasteiger partial charge in [0.15, 0.2) is 0 Å². The molecule has 2 aromatic rings. The highest BCUT2D eigenvalue weighted by Crippen LogP contribution is 2.28. The molecule has 2 heterocycles. The number of sulfonamides is 1. The molecule has 1 aliphatic rings. The molecule has 26 heavy (non-hydrogen) atoms. The Morgan fingerprint density at radius 2 is 1.73 bits per heavy atom. The van der Waals surface area contributed by atoms with Crippen molar-refractivity contribution < 1.29 is 13.2 Å². The maximum atomic E-state index is 12.9. The molecule has 5 nitrogen and oxygen atoms in total. The van der Waals surface area contributed by atoms with Crippen LogP contribution in [0.25, 0.3) is 0 Å². The zero-order valence-corrected chi connectivity index (χ0v) is 17.2. The van der Waals surface area contributed by atoms with Crippen molar-refractivity contribution in [3.05, 3.63) is 45.6 Å². The molecule has 0 N–H and O–H groups in total. The maximum absolute atomic E-state index is 12.9. The van der Waals surface area contributed by atoms with Crippen LogP contribution in [0.5, 0.6) is 5.75 Å². The van der Waals surface area contributed by atoms with Crippen LogP contribution in [0.1, 0.15) is 22.2 Å². The van der Waals surface area contributed by atoms with Gasteiger partial charge in [-0.3, -0.25) is 4.90 Å². The number of hydrogen-bond donors (Lipinski definition) is 0. The standard InChI is InChI=1S/C19H26N2O3S2/c1-4-24-18-7-5-17(6-8-18)14-20-9-11-21(12-10-20)26(22,23)19-13-15(2)25-16(19)3/h5-8,13H,4,9-12,14H2,1-3H3. The van der Waals surface area contributed by atoms with Gasteiger partial charge in [-0.1, -0.05) is 12.1 Å². The molecular weight excluding hydrogens is 368 g/mol. The fourth-order valence-electron chi connectivity index (χ4n) is 3.25. The van der Waals surface area contributed by atoms with Crippen molar-refractivity contribution in [3.63, 3.8) is 0 Å². The molecule has 1 fully saturated rings. The van der Waals surface area contributed by atoms with E-state index in [1.54, 1.807) is 21.7 Å². The first kappa shape index (κ1) is 19.4. The Morgan fingerprint density at radius 1 is 1.08 bits per heavy atom. The summed E-state index contributed by atoms with van der Waals surface area (Å²) in [5, 5.41) is 0. The number of ether oxygens (including phenoxy) is 1. The third kappa shape index (κ3) is 4.28. The predicted octanol–water partition coefficient (Wildman–Crippen LogP) is 3.27. The summed E-state index contributed by atoms with van der Waals surface area (Å²) < 4.78 is 32.9. The number of benzene rings is 1. The lowest BCUT2D eigenvalue weighted by Crippen LogP contribution is -2.48. The molecule has 0 unspecified atom stereocenters.